The Morgan fingerprint density at radius 1 is 1.30 bits per heavy atom. The minimum absolute atomic E-state index is 0.116. The lowest BCUT2D eigenvalue weighted by molar-refractivity contribution is -0.113. The summed E-state index contributed by atoms with van der Waals surface area (Å²) in [6, 6.07) is 7.18. The molecule has 3 heterocycles. The molecule has 0 radical (unpaired) electrons. The fourth-order valence-electron chi connectivity index (χ4n) is 3.05. The molecule has 0 fully saturated rings. The second kappa shape index (κ2) is 8.93. The number of amides is 1. The van der Waals surface area contributed by atoms with Crippen LogP contribution in [0.3, 0.4) is 0 Å². The van der Waals surface area contributed by atoms with E-state index in [0.717, 1.165) is 20.9 Å². The average molecular weight is 506 g/mol. The molecule has 8 nitrogen and oxygen atoms in total. The minimum atomic E-state index is -4.21. The van der Waals surface area contributed by atoms with E-state index in [2.05, 4.69) is 21.3 Å². The number of imidazole rings is 1. The van der Waals surface area contributed by atoms with Crippen molar-refractivity contribution < 1.29 is 17.6 Å². The van der Waals surface area contributed by atoms with E-state index in [1.165, 1.54) is 35.6 Å². The van der Waals surface area contributed by atoms with Crippen molar-refractivity contribution in [2.45, 2.75) is 0 Å². The van der Waals surface area contributed by atoms with Gasteiger partial charge in [-0.05, 0) is 36.4 Å². The van der Waals surface area contributed by atoms with E-state index in [1.54, 1.807) is 17.0 Å². The summed E-state index contributed by atoms with van der Waals surface area (Å²) in [7, 11) is -2.37. The first kappa shape index (κ1) is 22.9. The number of halogens is 2. The van der Waals surface area contributed by atoms with Gasteiger partial charge in [-0.2, -0.15) is 8.42 Å². The zero-order chi connectivity index (χ0) is 23.8. The smallest absolute Gasteiger partial charge is 0.340 e. The van der Waals surface area contributed by atoms with Crippen molar-refractivity contribution in [1.82, 2.24) is 13.9 Å². The number of rotatable bonds is 6. The molecule has 1 amide bonds. The van der Waals surface area contributed by atoms with Crippen LogP contribution in [0.1, 0.15) is 4.88 Å². The topological polar surface area (TPSA) is 96.7 Å². The Morgan fingerprint density at radius 3 is 2.73 bits per heavy atom. The van der Waals surface area contributed by atoms with Gasteiger partial charge in [0.05, 0.1) is 39.1 Å². The zero-order valence-electron chi connectivity index (χ0n) is 17.2. The Bertz CT molecular complexity index is 1430. The van der Waals surface area contributed by atoms with E-state index in [9.17, 15) is 17.6 Å². The maximum atomic E-state index is 13.4. The van der Waals surface area contributed by atoms with Crippen molar-refractivity contribution in [2.24, 2.45) is 11.4 Å². The van der Waals surface area contributed by atoms with Crippen LogP contribution >= 0.6 is 22.9 Å². The van der Waals surface area contributed by atoms with Crippen LogP contribution < -0.4 is 5.32 Å². The first-order valence-electron chi connectivity index (χ1n) is 9.48. The number of benzene rings is 1. The summed E-state index contributed by atoms with van der Waals surface area (Å²) >= 11 is 7.08. The lowest BCUT2D eigenvalue weighted by Gasteiger charge is -2.26. The van der Waals surface area contributed by atoms with Crippen LogP contribution in [0.15, 0.2) is 71.7 Å². The van der Waals surface area contributed by atoms with Gasteiger partial charge >= 0.3 is 10.2 Å². The predicted octanol–water partition coefficient (Wildman–Crippen LogP) is 4.00. The summed E-state index contributed by atoms with van der Waals surface area (Å²) in [6.07, 6.45) is 6.23. The number of nitrogens with zero attached hydrogens (tertiary/aromatic N) is 4. The van der Waals surface area contributed by atoms with E-state index >= 15 is 0 Å². The molecule has 0 saturated carbocycles. The van der Waals surface area contributed by atoms with Gasteiger partial charge in [-0.3, -0.25) is 4.79 Å². The summed E-state index contributed by atoms with van der Waals surface area (Å²) < 4.78 is 45.8. The van der Waals surface area contributed by atoms with Crippen LogP contribution in [-0.4, -0.2) is 40.4 Å². The predicted molar refractivity (Wildman–Crippen MR) is 127 cm³/mol. The Hall–Kier alpha value is -3.28. The van der Waals surface area contributed by atoms with Crippen LogP contribution in [0.25, 0.3) is 10.6 Å². The molecule has 12 heteroatoms. The molecule has 0 bridgehead atoms. The van der Waals surface area contributed by atoms with E-state index < -0.39 is 21.9 Å². The second-order valence-electron chi connectivity index (χ2n) is 6.97. The fourth-order valence-corrected chi connectivity index (χ4v) is 5.40. The van der Waals surface area contributed by atoms with Crippen LogP contribution in [0.4, 0.5) is 10.1 Å². The maximum Gasteiger partial charge on any atom is 0.345 e. The van der Waals surface area contributed by atoms with E-state index in [0.29, 0.717) is 4.88 Å². The molecule has 2 aromatic heterocycles. The third kappa shape index (κ3) is 4.75. The number of anilines is 1. The normalized spacial score (nSPS) is 15.1. The first-order valence-corrected chi connectivity index (χ1v) is 12.1. The molecule has 1 aliphatic rings. The van der Waals surface area contributed by atoms with Crippen LogP contribution in [-0.2, 0) is 22.1 Å². The summed E-state index contributed by atoms with van der Waals surface area (Å²) in [6.45, 7) is 3.40. The molecule has 1 aromatic carbocycles. The van der Waals surface area contributed by atoms with Gasteiger partial charge in [-0.15, -0.1) is 22.3 Å². The number of thiophene rings is 1. The Balaban J connectivity index is 1.71. The van der Waals surface area contributed by atoms with Gasteiger partial charge in [-0.25, -0.2) is 13.7 Å². The standard InChI is InChI=1S/C21H17ClFN5O3S2/c1-3-8-28-18(21(29)25-13-4-5-15(23)14(22)9-13)10-16(26-33(28,30)31)19-6-7-20(32-19)17-11-27(2)12-24-17/h3-7,9-12H,1,8H2,2H3,(H,25,29). The number of nitrogens with one attached hydrogen (secondary N) is 1. The molecule has 3 aromatic rings. The first-order chi connectivity index (χ1) is 15.7. The van der Waals surface area contributed by atoms with Crippen LogP contribution in [0.5, 0.6) is 0 Å². The van der Waals surface area contributed by atoms with Crippen molar-refractivity contribution in [1.29, 1.82) is 0 Å². The molecule has 1 N–H and O–H groups in total. The van der Waals surface area contributed by atoms with E-state index in [-0.39, 0.29) is 28.7 Å². The molecule has 0 saturated heterocycles. The highest BCUT2D eigenvalue weighted by atomic mass is 35.5. The van der Waals surface area contributed by atoms with Crippen molar-refractivity contribution >= 4 is 50.5 Å². The summed E-state index contributed by atoms with van der Waals surface area (Å²) in [5.74, 6) is -1.37. The van der Waals surface area contributed by atoms with Crippen LogP contribution in [0, 0.1) is 5.82 Å². The third-order valence-electron chi connectivity index (χ3n) is 4.56. The third-order valence-corrected chi connectivity index (χ3v) is 7.31. The molecule has 0 aliphatic carbocycles. The van der Waals surface area contributed by atoms with Gasteiger partial charge in [0.15, 0.2) is 0 Å². The number of allylic oxidation sites excluding steroid dienone is 1. The van der Waals surface area contributed by atoms with Crippen molar-refractivity contribution in [2.75, 3.05) is 11.9 Å². The number of hydrogen-bond donors (Lipinski definition) is 1. The number of hydrogen-bond acceptors (Lipinski definition) is 5. The molecule has 0 spiro atoms. The number of aryl methyl sites for hydroxylation is 1. The van der Waals surface area contributed by atoms with E-state index in [4.69, 9.17) is 11.6 Å². The zero-order valence-corrected chi connectivity index (χ0v) is 19.6. The average Bonchev–Trinajstić information content (AvgIpc) is 3.41. The Morgan fingerprint density at radius 2 is 2.06 bits per heavy atom. The minimum Gasteiger partial charge on any atom is -0.340 e. The highest BCUT2D eigenvalue weighted by Crippen LogP contribution is 2.30. The molecule has 0 unspecified atom stereocenters. The molecule has 33 heavy (non-hydrogen) atoms. The quantitative estimate of drug-likeness (QED) is 0.512. The Labute approximate surface area is 198 Å². The molecular formula is C21H17ClFN5O3S2. The van der Waals surface area contributed by atoms with Gasteiger partial charge in [0.1, 0.15) is 11.5 Å². The lowest BCUT2D eigenvalue weighted by Crippen LogP contribution is -2.38. The van der Waals surface area contributed by atoms with Gasteiger partial charge in [0, 0.05) is 18.9 Å². The second-order valence-corrected chi connectivity index (χ2v) is 9.98. The van der Waals surface area contributed by atoms with Crippen molar-refractivity contribution in [3.05, 3.63) is 83.0 Å². The fraction of sp³-hybridized carbons (Fsp3) is 0.0952. The number of carbonyl (C=O) groups excluding carboxylic acids is 1. The molecular weight excluding hydrogens is 489 g/mol. The Kier molecular flexibility index (Phi) is 6.19. The molecule has 4 rings (SSSR count). The molecule has 1 aliphatic heterocycles. The number of aromatic nitrogens is 2. The highest BCUT2D eigenvalue weighted by Gasteiger charge is 2.33. The van der Waals surface area contributed by atoms with Gasteiger partial charge in [0.2, 0.25) is 0 Å². The van der Waals surface area contributed by atoms with Gasteiger partial charge in [-0.1, -0.05) is 17.7 Å². The van der Waals surface area contributed by atoms with E-state index in [1.807, 2.05) is 19.3 Å². The molecule has 0 atom stereocenters. The van der Waals surface area contributed by atoms with Crippen molar-refractivity contribution in [3.8, 4) is 10.6 Å². The van der Waals surface area contributed by atoms with Gasteiger partial charge in [0.25, 0.3) is 5.91 Å². The van der Waals surface area contributed by atoms with Crippen molar-refractivity contribution in [3.63, 3.8) is 0 Å². The SMILES string of the molecule is C=CCN1C(C(=O)Nc2ccc(F)c(Cl)c2)=CC(c2ccc(-c3cn(C)cn3)s2)=NS1(=O)=O. The van der Waals surface area contributed by atoms with Gasteiger partial charge < -0.3 is 9.88 Å². The molecule has 170 valence electrons. The number of carbonyl (C=O) groups is 1. The largest absolute Gasteiger partial charge is 0.345 e. The summed E-state index contributed by atoms with van der Waals surface area (Å²) in [5.41, 5.74) is 0.898. The lowest BCUT2D eigenvalue weighted by atomic mass is 10.2. The maximum absolute atomic E-state index is 13.4. The highest BCUT2D eigenvalue weighted by molar-refractivity contribution is 7.88. The van der Waals surface area contributed by atoms with Crippen LogP contribution in [0.2, 0.25) is 5.02 Å². The summed E-state index contributed by atoms with van der Waals surface area (Å²) in [4.78, 5) is 18.7. The monoisotopic (exact) mass is 505 g/mol. The summed E-state index contributed by atoms with van der Waals surface area (Å²) in [5, 5.41) is 2.37.